The first-order valence-corrected chi connectivity index (χ1v) is 7.24. The highest BCUT2D eigenvalue weighted by molar-refractivity contribution is 5.93. The van der Waals surface area contributed by atoms with Crippen LogP contribution in [-0.4, -0.2) is 54.8 Å². The van der Waals surface area contributed by atoms with Crippen LogP contribution in [0.15, 0.2) is 12.3 Å². The fourth-order valence-electron chi connectivity index (χ4n) is 2.41. The molecule has 0 unspecified atom stereocenters. The van der Waals surface area contributed by atoms with Gasteiger partial charge in [-0.05, 0) is 26.0 Å². The largest absolute Gasteiger partial charge is 0.397 e. The number of rotatable bonds is 6. The van der Waals surface area contributed by atoms with E-state index in [-0.39, 0.29) is 5.91 Å². The van der Waals surface area contributed by atoms with Crippen LogP contribution < -0.4 is 11.1 Å². The number of amides is 1. The Hall–Kier alpha value is -1.53. The van der Waals surface area contributed by atoms with Crippen LogP contribution >= 0.6 is 0 Å². The van der Waals surface area contributed by atoms with E-state index >= 15 is 0 Å². The molecule has 1 amide bonds. The molecule has 1 aliphatic heterocycles. The quantitative estimate of drug-likeness (QED) is 0.746. The number of carbonyl (C=O) groups is 1. The molecule has 0 atom stereocenters. The van der Waals surface area contributed by atoms with E-state index in [4.69, 9.17) is 10.5 Å². The van der Waals surface area contributed by atoms with Gasteiger partial charge in [0.25, 0.3) is 5.91 Å². The Labute approximate surface area is 119 Å². The summed E-state index contributed by atoms with van der Waals surface area (Å²) in [5.41, 5.74) is 6.99. The Morgan fingerprint density at radius 3 is 2.90 bits per heavy atom. The summed E-state index contributed by atoms with van der Waals surface area (Å²) in [6.45, 7) is 8.03. The van der Waals surface area contributed by atoms with Crippen LogP contribution in [-0.2, 0) is 11.3 Å². The van der Waals surface area contributed by atoms with Crippen molar-refractivity contribution in [2.45, 2.75) is 19.9 Å². The van der Waals surface area contributed by atoms with Crippen molar-refractivity contribution in [2.24, 2.45) is 0 Å². The van der Waals surface area contributed by atoms with E-state index in [1.165, 1.54) is 0 Å². The van der Waals surface area contributed by atoms with Crippen molar-refractivity contribution < 1.29 is 9.53 Å². The molecule has 1 aliphatic rings. The highest BCUT2D eigenvalue weighted by atomic mass is 16.5. The molecule has 1 aromatic heterocycles. The monoisotopic (exact) mass is 280 g/mol. The van der Waals surface area contributed by atoms with E-state index in [1.807, 2.05) is 11.5 Å². The molecule has 0 bridgehead atoms. The van der Waals surface area contributed by atoms with Gasteiger partial charge in [-0.1, -0.05) is 0 Å². The number of nitrogens with one attached hydrogen (secondary N) is 1. The van der Waals surface area contributed by atoms with Crippen molar-refractivity contribution in [1.29, 1.82) is 0 Å². The lowest BCUT2D eigenvalue weighted by Gasteiger charge is -2.26. The second kappa shape index (κ2) is 7.31. The maximum Gasteiger partial charge on any atom is 0.267 e. The molecule has 2 rings (SSSR count). The molecule has 0 spiro atoms. The van der Waals surface area contributed by atoms with Crippen LogP contribution in [0.3, 0.4) is 0 Å². The number of morpholine rings is 1. The molecule has 0 aromatic carbocycles. The molecule has 1 aromatic rings. The Kier molecular flexibility index (Phi) is 5.43. The smallest absolute Gasteiger partial charge is 0.267 e. The van der Waals surface area contributed by atoms with Gasteiger partial charge in [0.05, 0.1) is 18.9 Å². The zero-order valence-electron chi connectivity index (χ0n) is 12.1. The normalized spacial score (nSPS) is 16.2. The first kappa shape index (κ1) is 14.9. The maximum absolute atomic E-state index is 12.1. The van der Waals surface area contributed by atoms with Crippen LogP contribution in [0, 0.1) is 0 Å². The van der Waals surface area contributed by atoms with Crippen molar-refractivity contribution in [3.63, 3.8) is 0 Å². The molecule has 1 saturated heterocycles. The number of hydrogen-bond donors (Lipinski definition) is 2. The lowest BCUT2D eigenvalue weighted by atomic mass is 10.3. The molecule has 0 radical (unpaired) electrons. The number of nitrogens with two attached hydrogens (primary N) is 1. The Bertz CT molecular complexity index is 438. The van der Waals surface area contributed by atoms with Gasteiger partial charge in [-0.3, -0.25) is 9.69 Å². The van der Waals surface area contributed by atoms with Gasteiger partial charge >= 0.3 is 0 Å². The highest BCUT2D eigenvalue weighted by Gasteiger charge is 2.12. The van der Waals surface area contributed by atoms with Gasteiger partial charge in [-0.15, -0.1) is 0 Å². The summed E-state index contributed by atoms with van der Waals surface area (Å²) < 4.78 is 7.17. The fourth-order valence-corrected chi connectivity index (χ4v) is 2.41. The van der Waals surface area contributed by atoms with Gasteiger partial charge in [0.2, 0.25) is 0 Å². The first-order valence-electron chi connectivity index (χ1n) is 7.24. The zero-order chi connectivity index (χ0) is 14.4. The number of hydrogen-bond acceptors (Lipinski definition) is 4. The number of anilines is 1. The van der Waals surface area contributed by atoms with E-state index in [9.17, 15) is 4.79 Å². The number of aromatic nitrogens is 1. The standard InChI is InChI=1S/C14H24N4O2/c1-2-18-11-12(15)10-13(18)14(19)16-4-3-5-17-6-8-20-9-7-17/h10-11H,2-9,15H2,1H3,(H,16,19). The zero-order valence-corrected chi connectivity index (χ0v) is 12.1. The van der Waals surface area contributed by atoms with Gasteiger partial charge in [0.15, 0.2) is 0 Å². The summed E-state index contributed by atoms with van der Waals surface area (Å²) >= 11 is 0. The first-order chi connectivity index (χ1) is 9.70. The molecule has 3 N–H and O–H groups in total. The van der Waals surface area contributed by atoms with Crippen LogP contribution in [0.1, 0.15) is 23.8 Å². The molecular formula is C14H24N4O2. The van der Waals surface area contributed by atoms with E-state index in [0.29, 0.717) is 17.9 Å². The lowest BCUT2D eigenvalue weighted by Crippen LogP contribution is -2.38. The molecule has 0 aliphatic carbocycles. The van der Waals surface area contributed by atoms with Crippen molar-refractivity contribution in [3.05, 3.63) is 18.0 Å². The van der Waals surface area contributed by atoms with Gasteiger partial charge in [-0.2, -0.15) is 0 Å². The molecule has 112 valence electrons. The second-order valence-electron chi connectivity index (χ2n) is 5.01. The van der Waals surface area contributed by atoms with Crippen molar-refractivity contribution in [3.8, 4) is 0 Å². The van der Waals surface area contributed by atoms with Crippen molar-refractivity contribution in [1.82, 2.24) is 14.8 Å². The Morgan fingerprint density at radius 2 is 2.20 bits per heavy atom. The lowest BCUT2D eigenvalue weighted by molar-refractivity contribution is 0.0374. The molecule has 6 heteroatoms. The van der Waals surface area contributed by atoms with E-state index in [1.54, 1.807) is 12.3 Å². The Balaban J connectivity index is 1.71. The fraction of sp³-hybridized carbons (Fsp3) is 0.643. The second-order valence-corrected chi connectivity index (χ2v) is 5.01. The third-order valence-corrected chi connectivity index (χ3v) is 3.53. The van der Waals surface area contributed by atoms with E-state index in [0.717, 1.165) is 45.8 Å². The summed E-state index contributed by atoms with van der Waals surface area (Å²) in [6.07, 6.45) is 2.75. The maximum atomic E-state index is 12.1. The average Bonchev–Trinajstić information content (AvgIpc) is 2.86. The van der Waals surface area contributed by atoms with Crippen LogP contribution in [0.2, 0.25) is 0 Å². The molecule has 6 nitrogen and oxygen atoms in total. The summed E-state index contributed by atoms with van der Waals surface area (Å²) in [7, 11) is 0. The SMILES string of the molecule is CCn1cc(N)cc1C(=O)NCCCN1CCOCC1. The topological polar surface area (TPSA) is 72.5 Å². The summed E-state index contributed by atoms with van der Waals surface area (Å²) in [5, 5.41) is 2.95. The minimum Gasteiger partial charge on any atom is -0.397 e. The molecule has 0 saturated carbocycles. The van der Waals surface area contributed by atoms with Crippen molar-refractivity contribution in [2.75, 3.05) is 45.1 Å². The molecular weight excluding hydrogens is 256 g/mol. The number of carbonyl (C=O) groups excluding carboxylic acids is 1. The molecule has 2 heterocycles. The van der Waals surface area contributed by atoms with Crippen LogP contribution in [0.5, 0.6) is 0 Å². The highest BCUT2D eigenvalue weighted by Crippen LogP contribution is 2.10. The Morgan fingerprint density at radius 1 is 1.45 bits per heavy atom. The average molecular weight is 280 g/mol. The third kappa shape index (κ3) is 3.98. The number of ether oxygens (including phenoxy) is 1. The van der Waals surface area contributed by atoms with Gasteiger partial charge in [0, 0.05) is 32.4 Å². The number of aryl methyl sites for hydroxylation is 1. The predicted molar refractivity (Wildman–Crippen MR) is 78.7 cm³/mol. The van der Waals surface area contributed by atoms with Crippen LogP contribution in [0.25, 0.3) is 0 Å². The summed E-state index contributed by atoms with van der Waals surface area (Å²) in [4.78, 5) is 14.4. The van der Waals surface area contributed by atoms with Crippen LogP contribution in [0.4, 0.5) is 5.69 Å². The van der Waals surface area contributed by atoms with E-state index < -0.39 is 0 Å². The number of nitrogen functional groups attached to an aromatic ring is 1. The molecule has 20 heavy (non-hydrogen) atoms. The number of nitrogens with zero attached hydrogens (tertiary/aromatic N) is 2. The van der Waals surface area contributed by atoms with E-state index in [2.05, 4.69) is 10.2 Å². The molecule has 1 fully saturated rings. The van der Waals surface area contributed by atoms with Gasteiger partial charge in [0.1, 0.15) is 5.69 Å². The minimum absolute atomic E-state index is 0.0504. The van der Waals surface area contributed by atoms with Crippen molar-refractivity contribution >= 4 is 11.6 Å². The third-order valence-electron chi connectivity index (χ3n) is 3.53. The van der Waals surface area contributed by atoms with Gasteiger partial charge < -0.3 is 20.4 Å². The predicted octanol–water partition coefficient (Wildman–Crippen LogP) is 0.542. The minimum atomic E-state index is -0.0504. The van der Waals surface area contributed by atoms with Gasteiger partial charge in [-0.25, -0.2) is 0 Å². The summed E-state index contributed by atoms with van der Waals surface area (Å²) in [5.74, 6) is -0.0504. The summed E-state index contributed by atoms with van der Waals surface area (Å²) in [6, 6.07) is 1.72.